The number of furan rings is 1. The van der Waals surface area contributed by atoms with Crippen LogP contribution in [0.4, 0.5) is 0 Å². The molecule has 120 valence electrons. The monoisotopic (exact) mass is 303 g/mol. The highest BCUT2D eigenvalue weighted by molar-refractivity contribution is 5.88. The van der Waals surface area contributed by atoms with Crippen LogP contribution in [-0.2, 0) is 11.2 Å². The van der Waals surface area contributed by atoms with E-state index >= 15 is 0 Å². The van der Waals surface area contributed by atoms with E-state index in [2.05, 4.69) is 11.4 Å². The second kappa shape index (κ2) is 6.13. The number of carbonyl (C=O) groups is 1. The summed E-state index contributed by atoms with van der Waals surface area (Å²) in [5.74, 6) is -0.107. The molecular weight excluding hydrogens is 278 g/mol. The number of nitrogens with one attached hydrogen (secondary N) is 1. The first kappa shape index (κ1) is 16.6. The molecular formula is C18H25NO3. The summed E-state index contributed by atoms with van der Waals surface area (Å²) in [5.41, 5.74) is 3.79. The first-order valence-corrected chi connectivity index (χ1v) is 7.60. The summed E-state index contributed by atoms with van der Waals surface area (Å²) < 4.78 is 5.54. The number of carbonyl (C=O) groups excluding carboxylic acids is 1. The molecule has 1 amide bonds. The molecule has 2 rings (SSSR count). The summed E-state index contributed by atoms with van der Waals surface area (Å²) in [6.45, 7) is 10.2. The van der Waals surface area contributed by atoms with Crippen LogP contribution in [0.2, 0.25) is 0 Å². The zero-order valence-electron chi connectivity index (χ0n) is 14.0. The molecule has 1 aromatic carbocycles. The molecule has 22 heavy (non-hydrogen) atoms. The summed E-state index contributed by atoms with van der Waals surface area (Å²) in [6, 6.07) is 4.05. The first-order valence-electron chi connectivity index (χ1n) is 7.60. The number of aliphatic hydroxyl groups is 1. The highest BCUT2D eigenvalue weighted by Crippen LogP contribution is 2.25. The van der Waals surface area contributed by atoms with Gasteiger partial charge in [0, 0.05) is 17.5 Å². The zero-order valence-corrected chi connectivity index (χ0v) is 14.0. The third-order valence-electron chi connectivity index (χ3n) is 4.11. The molecule has 2 N–H and O–H groups in total. The van der Waals surface area contributed by atoms with Crippen LogP contribution in [-0.4, -0.2) is 23.7 Å². The Kier molecular flexibility index (Phi) is 4.61. The van der Waals surface area contributed by atoms with Gasteiger partial charge >= 0.3 is 0 Å². The van der Waals surface area contributed by atoms with E-state index in [9.17, 15) is 9.90 Å². The van der Waals surface area contributed by atoms with Crippen LogP contribution < -0.4 is 5.32 Å². The molecule has 0 aliphatic rings. The predicted octanol–water partition coefficient (Wildman–Crippen LogP) is 3.12. The van der Waals surface area contributed by atoms with Crippen molar-refractivity contribution in [2.45, 2.75) is 47.1 Å². The van der Waals surface area contributed by atoms with Crippen molar-refractivity contribution in [3.63, 3.8) is 0 Å². The molecule has 0 radical (unpaired) electrons. The number of hydrogen-bond donors (Lipinski definition) is 2. The number of aryl methyl sites for hydroxylation is 2. The van der Waals surface area contributed by atoms with Crippen LogP contribution >= 0.6 is 0 Å². The number of benzene rings is 1. The van der Waals surface area contributed by atoms with Gasteiger partial charge in [-0.2, -0.15) is 0 Å². The van der Waals surface area contributed by atoms with E-state index in [1.54, 1.807) is 6.26 Å². The van der Waals surface area contributed by atoms with Crippen LogP contribution in [0.1, 0.15) is 37.5 Å². The second-order valence-electron chi connectivity index (χ2n) is 7.06. The van der Waals surface area contributed by atoms with Crippen LogP contribution in [0.3, 0.4) is 0 Å². The summed E-state index contributed by atoms with van der Waals surface area (Å²) >= 11 is 0. The Morgan fingerprint density at radius 1 is 1.27 bits per heavy atom. The van der Waals surface area contributed by atoms with E-state index in [4.69, 9.17) is 4.42 Å². The fourth-order valence-corrected chi connectivity index (χ4v) is 2.23. The van der Waals surface area contributed by atoms with Gasteiger partial charge in [0.2, 0.25) is 5.91 Å². The van der Waals surface area contributed by atoms with E-state index in [1.807, 2.05) is 40.7 Å². The highest BCUT2D eigenvalue weighted by atomic mass is 16.3. The van der Waals surface area contributed by atoms with Gasteiger partial charge in [-0.05, 0) is 42.5 Å². The fourth-order valence-electron chi connectivity index (χ4n) is 2.23. The lowest BCUT2D eigenvalue weighted by atomic mass is 9.89. The van der Waals surface area contributed by atoms with E-state index in [0.717, 1.165) is 16.5 Å². The van der Waals surface area contributed by atoms with Gasteiger partial charge in [-0.1, -0.05) is 20.8 Å². The van der Waals surface area contributed by atoms with Crippen molar-refractivity contribution in [2.24, 2.45) is 5.41 Å². The SMILES string of the molecule is Cc1cc2occ(CC(=O)NCC(O)C(C)(C)C)c2cc1C. The van der Waals surface area contributed by atoms with Crippen molar-refractivity contribution in [3.8, 4) is 0 Å². The first-order chi connectivity index (χ1) is 10.2. The lowest BCUT2D eigenvalue weighted by molar-refractivity contribution is -0.121. The normalized spacial score (nSPS) is 13.4. The molecule has 2 aromatic rings. The van der Waals surface area contributed by atoms with E-state index in [0.29, 0.717) is 0 Å². The molecule has 0 bridgehead atoms. The van der Waals surface area contributed by atoms with Crippen LogP contribution in [0.15, 0.2) is 22.8 Å². The molecule has 1 atom stereocenters. The third-order valence-corrected chi connectivity index (χ3v) is 4.11. The number of aliphatic hydroxyl groups excluding tert-OH is 1. The zero-order chi connectivity index (χ0) is 16.5. The van der Waals surface area contributed by atoms with E-state index in [1.165, 1.54) is 11.1 Å². The minimum atomic E-state index is -0.567. The Morgan fingerprint density at radius 3 is 2.55 bits per heavy atom. The Bertz CT molecular complexity index is 679. The molecule has 1 unspecified atom stereocenters. The van der Waals surface area contributed by atoms with Gasteiger partial charge < -0.3 is 14.8 Å². The molecule has 0 saturated heterocycles. The van der Waals surface area contributed by atoms with Gasteiger partial charge in [-0.15, -0.1) is 0 Å². The van der Waals surface area contributed by atoms with Gasteiger partial charge in [0.1, 0.15) is 5.58 Å². The summed E-state index contributed by atoms with van der Waals surface area (Å²) in [5, 5.41) is 13.7. The van der Waals surface area contributed by atoms with Gasteiger partial charge in [0.05, 0.1) is 18.8 Å². The van der Waals surface area contributed by atoms with E-state index in [-0.39, 0.29) is 24.3 Å². The minimum absolute atomic E-state index is 0.107. The molecule has 0 fully saturated rings. The van der Waals surface area contributed by atoms with Gasteiger partial charge in [0.25, 0.3) is 0 Å². The van der Waals surface area contributed by atoms with Crippen molar-refractivity contribution in [3.05, 3.63) is 35.1 Å². The van der Waals surface area contributed by atoms with Gasteiger partial charge in [-0.25, -0.2) is 0 Å². The second-order valence-corrected chi connectivity index (χ2v) is 7.06. The molecule has 0 saturated carbocycles. The average molecular weight is 303 g/mol. The fraction of sp³-hybridized carbons (Fsp3) is 0.500. The van der Waals surface area contributed by atoms with Crippen LogP contribution in [0.5, 0.6) is 0 Å². The lowest BCUT2D eigenvalue weighted by Crippen LogP contribution is -2.39. The predicted molar refractivity (Wildman–Crippen MR) is 87.9 cm³/mol. The number of fused-ring (bicyclic) bond motifs is 1. The summed E-state index contributed by atoms with van der Waals surface area (Å²) in [4.78, 5) is 12.1. The lowest BCUT2D eigenvalue weighted by Gasteiger charge is -2.25. The van der Waals surface area contributed by atoms with Crippen molar-refractivity contribution >= 4 is 16.9 Å². The Balaban J connectivity index is 2.05. The highest BCUT2D eigenvalue weighted by Gasteiger charge is 2.22. The molecule has 1 heterocycles. The number of amides is 1. The summed E-state index contributed by atoms with van der Waals surface area (Å²) in [6.07, 6.45) is 1.33. The molecule has 1 aromatic heterocycles. The maximum atomic E-state index is 12.1. The maximum absolute atomic E-state index is 12.1. The topological polar surface area (TPSA) is 62.5 Å². The Labute approximate surface area is 131 Å². The van der Waals surface area contributed by atoms with E-state index < -0.39 is 6.10 Å². The largest absolute Gasteiger partial charge is 0.464 e. The standard InChI is InChI=1S/C18H25NO3/c1-11-6-14-13(10-22-15(14)7-12(11)2)8-17(21)19-9-16(20)18(3,4)5/h6-7,10,16,20H,8-9H2,1-5H3,(H,19,21). The van der Waals surface area contributed by atoms with Crippen molar-refractivity contribution in [2.75, 3.05) is 6.54 Å². The van der Waals surface area contributed by atoms with Gasteiger partial charge in [-0.3, -0.25) is 4.79 Å². The molecule has 4 nitrogen and oxygen atoms in total. The number of rotatable bonds is 4. The Morgan fingerprint density at radius 2 is 1.91 bits per heavy atom. The quantitative estimate of drug-likeness (QED) is 0.912. The van der Waals surface area contributed by atoms with Crippen LogP contribution in [0, 0.1) is 19.3 Å². The molecule has 0 spiro atoms. The van der Waals surface area contributed by atoms with Gasteiger partial charge in [0.15, 0.2) is 0 Å². The van der Waals surface area contributed by atoms with Crippen molar-refractivity contribution in [1.82, 2.24) is 5.32 Å². The Hall–Kier alpha value is -1.81. The number of hydrogen-bond acceptors (Lipinski definition) is 3. The smallest absolute Gasteiger partial charge is 0.224 e. The molecule has 4 heteroatoms. The third kappa shape index (κ3) is 3.69. The average Bonchev–Trinajstić information content (AvgIpc) is 2.78. The summed E-state index contributed by atoms with van der Waals surface area (Å²) in [7, 11) is 0. The van der Waals surface area contributed by atoms with Crippen molar-refractivity contribution in [1.29, 1.82) is 0 Å². The molecule has 0 aliphatic heterocycles. The molecule has 0 aliphatic carbocycles. The van der Waals surface area contributed by atoms with Crippen LogP contribution in [0.25, 0.3) is 11.0 Å². The maximum Gasteiger partial charge on any atom is 0.224 e. The minimum Gasteiger partial charge on any atom is -0.464 e. The van der Waals surface area contributed by atoms with Crippen molar-refractivity contribution < 1.29 is 14.3 Å².